The van der Waals surface area contributed by atoms with Crippen molar-refractivity contribution in [3.63, 3.8) is 0 Å². The van der Waals surface area contributed by atoms with Gasteiger partial charge in [-0.2, -0.15) is 8.42 Å². The summed E-state index contributed by atoms with van der Waals surface area (Å²) in [5.74, 6) is 0.117. The molecule has 0 spiro atoms. The average molecular weight is 361 g/mol. The molecule has 0 aromatic carbocycles. The number of ether oxygens (including phenoxy) is 1. The van der Waals surface area contributed by atoms with Crippen molar-refractivity contribution in [3.05, 3.63) is 0 Å². The molecule has 2 aliphatic carbocycles. The summed E-state index contributed by atoms with van der Waals surface area (Å²) >= 11 is 0. The SMILES string of the molecule is CC(=O)OC1(C)CC2CCC1C2.CS(=O)(=O)ON1C(=O)CCC1=O. The molecule has 24 heavy (non-hydrogen) atoms. The zero-order valence-corrected chi connectivity index (χ0v) is 14.9. The molecule has 3 atom stereocenters. The van der Waals surface area contributed by atoms with Crippen molar-refractivity contribution < 1.29 is 31.8 Å². The van der Waals surface area contributed by atoms with Gasteiger partial charge in [0, 0.05) is 19.8 Å². The molecule has 1 aliphatic heterocycles. The number of imide groups is 1. The number of hydrogen-bond acceptors (Lipinski definition) is 7. The number of hydroxylamine groups is 2. The Morgan fingerprint density at radius 1 is 1.21 bits per heavy atom. The summed E-state index contributed by atoms with van der Waals surface area (Å²) in [4.78, 5) is 32.4. The fourth-order valence-corrected chi connectivity index (χ4v) is 4.22. The highest BCUT2D eigenvalue weighted by Gasteiger charge is 2.50. The average Bonchev–Trinajstić information content (AvgIpc) is 3.07. The molecule has 2 amide bonds. The van der Waals surface area contributed by atoms with E-state index in [0.717, 1.165) is 18.6 Å². The lowest BCUT2D eigenvalue weighted by Gasteiger charge is -2.33. The molecular formula is C15H23NO7S. The topological polar surface area (TPSA) is 107 Å². The first-order chi connectivity index (χ1) is 11.0. The molecule has 0 aromatic rings. The molecule has 8 nitrogen and oxygen atoms in total. The zero-order valence-electron chi connectivity index (χ0n) is 14.1. The highest BCUT2D eigenvalue weighted by Crippen LogP contribution is 2.52. The largest absolute Gasteiger partial charge is 0.459 e. The van der Waals surface area contributed by atoms with Gasteiger partial charge in [0.15, 0.2) is 0 Å². The molecule has 3 unspecified atom stereocenters. The van der Waals surface area contributed by atoms with Gasteiger partial charge >= 0.3 is 5.97 Å². The van der Waals surface area contributed by atoms with E-state index in [9.17, 15) is 22.8 Å². The quantitative estimate of drug-likeness (QED) is 0.548. The number of nitrogens with zero attached hydrogens (tertiary/aromatic N) is 1. The Morgan fingerprint density at radius 2 is 1.79 bits per heavy atom. The lowest BCUT2D eigenvalue weighted by atomic mass is 9.86. The van der Waals surface area contributed by atoms with Gasteiger partial charge in [0.05, 0.1) is 6.26 Å². The normalized spacial score (nSPS) is 31.9. The predicted molar refractivity (Wildman–Crippen MR) is 82.6 cm³/mol. The molecule has 3 aliphatic rings. The van der Waals surface area contributed by atoms with E-state index >= 15 is 0 Å². The number of amides is 2. The van der Waals surface area contributed by atoms with Gasteiger partial charge in [-0.1, -0.05) is 0 Å². The minimum atomic E-state index is -3.79. The standard InChI is InChI=1S/C10H16O2.C5H7NO5S/c1-7(11)12-10(2)6-8-3-4-9(10)5-8;1-12(9,10)11-6-4(7)2-3-5(6)8/h8-9H,3-6H2,1-2H3;2-3H2,1H3. The van der Waals surface area contributed by atoms with Crippen LogP contribution < -0.4 is 0 Å². The van der Waals surface area contributed by atoms with Crippen LogP contribution >= 0.6 is 0 Å². The summed E-state index contributed by atoms with van der Waals surface area (Å²) in [6, 6.07) is 0. The summed E-state index contributed by atoms with van der Waals surface area (Å²) in [5.41, 5.74) is -0.116. The fraction of sp³-hybridized carbons (Fsp3) is 0.800. The molecule has 3 fully saturated rings. The number of carbonyl (C=O) groups is 3. The number of rotatable bonds is 3. The first-order valence-electron chi connectivity index (χ1n) is 7.95. The summed E-state index contributed by atoms with van der Waals surface area (Å²) in [6.45, 7) is 3.61. The van der Waals surface area contributed by atoms with Crippen LogP contribution in [-0.2, 0) is 33.5 Å². The maximum absolute atomic E-state index is 10.9. The molecule has 0 radical (unpaired) electrons. The van der Waals surface area contributed by atoms with E-state index in [4.69, 9.17) is 4.74 Å². The van der Waals surface area contributed by atoms with Crippen molar-refractivity contribution >= 4 is 27.9 Å². The van der Waals surface area contributed by atoms with Crippen molar-refractivity contribution in [2.24, 2.45) is 11.8 Å². The van der Waals surface area contributed by atoms with E-state index in [1.807, 2.05) is 0 Å². The Bertz CT molecular complexity index is 628. The molecule has 1 saturated heterocycles. The Hall–Kier alpha value is -1.48. The van der Waals surface area contributed by atoms with Crippen molar-refractivity contribution in [1.82, 2.24) is 5.06 Å². The van der Waals surface area contributed by atoms with Gasteiger partial charge in [-0.05, 0) is 44.4 Å². The molecule has 2 bridgehead atoms. The third kappa shape index (κ3) is 4.54. The fourth-order valence-electron chi connectivity index (χ4n) is 3.78. The summed E-state index contributed by atoms with van der Waals surface area (Å²) in [7, 11) is -3.79. The van der Waals surface area contributed by atoms with Gasteiger partial charge in [0.25, 0.3) is 21.9 Å². The highest BCUT2D eigenvalue weighted by atomic mass is 32.2. The van der Waals surface area contributed by atoms with Gasteiger partial charge in [-0.3, -0.25) is 14.4 Å². The van der Waals surface area contributed by atoms with Gasteiger partial charge in [-0.15, -0.1) is 9.35 Å². The summed E-state index contributed by atoms with van der Waals surface area (Å²) in [6.07, 6.45) is 5.77. The summed E-state index contributed by atoms with van der Waals surface area (Å²) in [5, 5.41) is 0.287. The zero-order chi connectivity index (χ0) is 18.1. The minimum absolute atomic E-state index is 0.00829. The van der Waals surface area contributed by atoms with E-state index in [1.54, 1.807) is 0 Å². The third-order valence-electron chi connectivity index (χ3n) is 4.69. The molecule has 3 rings (SSSR count). The van der Waals surface area contributed by atoms with Gasteiger partial charge in [0.2, 0.25) is 0 Å². The Morgan fingerprint density at radius 3 is 2.17 bits per heavy atom. The van der Waals surface area contributed by atoms with Crippen LogP contribution in [0.1, 0.15) is 52.4 Å². The van der Waals surface area contributed by atoms with Crippen LogP contribution in [0.5, 0.6) is 0 Å². The third-order valence-corrected chi connectivity index (χ3v) is 5.11. The van der Waals surface area contributed by atoms with E-state index in [1.165, 1.54) is 26.2 Å². The molecule has 9 heteroatoms. The van der Waals surface area contributed by atoms with Crippen LogP contribution in [-0.4, -0.2) is 43.1 Å². The number of esters is 1. The van der Waals surface area contributed by atoms with E-state index in [-0.39, 0.29) is 29.5 Å². The first-order valence-corrected chi connectivity index (χ1v) is 9.77. The van der Waals surface area contributed by atoms with Crippen molar-refractivity contribution in [3.8, 4) is 0 Å². The number of carbonyl (C=O) groups excluding carboxylic acids is 3. The smallest absolute Gasteiger partial charge is 0.303 e. The van der Waals surface area contributed by atoms with Crippen molar-refractivity contribution in [2.75, 3.05) is 6.26 Å². The first kappa shape index (κ1) is 18.9. The Balaban J connectivity index is 0.000000174. The van der Waals surface area contributed by atoms with E-state index in [2.05, 4.69) is 11.2 Å². The van der Waals surface area contributed by atoms with Crippen molar-refractivity contribution in [2.45, 2.75) is 58.0 Å². The van der Waals surface area contributed by atoms with E-state index < -0.39 is 21.9 Å². The van der Waals surface area contributed by atoms with Crippen LogP contribution in [0.15, 0.2) is 0 Å². The lowest BCUT2D eigenvalue weighted by Crippen LogP contribution is -2.36. The second-order valence-electron chi connectivity index (χ2n) is 6.85. The monoisotopic (exact) mass is 361 g/mol. The molecular weight excluding hydrogens is 338 g/mol. The Labute approximate surface area is 141 Å². The second kappa shape index (κ2) is 6.79. The van der Waals surface area contributed by atoms with Crippen LogP contribution in [0.3, 0.4) is 0 Å². The number of hydrogen-bond donors (Lipinski definition) is 0. The maximum Gasteiger partial charge on any atom is 0.303 e. The van der Waals surface area contributed by atoms with Crippen LogP contribution in [0.25, 0.3) is 0 Å². The van der Waals surface area contributed by atoms with Crippen molar-refractivity contribution in [1.29, 1.82) is 0 Å². The maximum atomic E-state index is 10.9. The van der Waals surface area contributed by atoms with Gasteiger partial charge in [0.1, 0.15) is 5.60 Å². The predicted octanol–water partition coefficient (Wildman–Crippen LogP) is 1.15. The number of fused-ring (bicyclic) bond motifs is 2. The van der Waals surface area contributed by atoms with Gasteiger partial charge < -0.3 is 4.74 Å². The molecule has 2 saturated carbocycles. The van der Waals surface area contributed by atoms with Crippen LogP contribution in [0.2, 0.25) is 0 Å². The van der Waals surface area contributed by atoms with Crippen LogP contribution in [0, 0.1) is 11.8 Å². The molecule has 0 aromatic heterocycles. The molecule has 1 heterocycles. The summed E-state index contributed by atoms with van der Waals surface area (Å²) < 4.78 is 30.5. The second-order valence-corrected chi connectivity index (χ2v) is 8.40. The van der Waals surface area contributed by atoms with Gasteiger partial charge in [-0.25, -0.2) is 0 Å². The molecule has 136 valence electrons. The minimum Gasteiger partial charge on any atom is -0.459 e. The highest BCUT2D eigenvalue weighted by molar-refractivity contribution is 7.85. The molecule has 0 N–H and O–H groups in total. The van der Waals surface area contributed by atoms with Crippen LogP contribution in [0.4, 0.5) is 0 Å². The lowest BCUT2D eigenvalue weighted by molar-refractivity contribution is -0.163. The van der Waals surface area contributed by atoms with E-state index in [0.29, 0.717) is 5.92 Å². The Kier molecular flexibility index (Phi) is 5.34.